The summed E-state index contributed by atoms with van der Waals surface area (Å²) >= 11 is 7.20. The number of ether oxygens (including phenoxy) is 1. The number of carbonyl (C=O) groups is 2. The van der Waals surface area contributed by atoms with E-state index in [2.05, 4.69) is 10.1 Å². The fourth-order valence-corrected chi connectivity index (χ4v) is 2.81. The van der Waals surface area contributed by atoms with Crippen LogP contribution in [0.5, 0.6) is 0 Å². The molecule has 0 saturated carbocycles. The molecule has 0 unspecified atom stereocenters. The minimum atomic E-state index is -0.612. The minimum absolute atomic E-state index is 0.0463. The van der Waals surface area contributed by atoms with Crippen molar-refractivity contribution in [2.75, 3.05) is 18.2 Å². The van der Waals surface area contributed by atoms with Crippen molar-refractivity contribution in [3.05, 3.63) is 64.4 Å². The number of carbonyl (C=O) groups excluding carboxylic acids is 2. The zero-order valence-corrected chi connectivity index (χ0v) is 14.4. The van der Waals surface area contributed by atoms with Crippen LogP contribution in [0.2, 0.25) is 5.02 Å². The van der Waals surface area contributed by atoms with Gasteiger partial charge in [0.15, 0.2) is 0 Å². The van der Waals surface area contributed by atoms with Crippen LogP contribution in [-0.2, 0) is 15.3 Å². The Bertz CT molecular complexity index is 737. The monoisotopic (exact) mass is 367 g/mol. The number of hydrogen-bond donors (Lipinski definition) is 1. The predicted octanol–water partition coefficient (Wildman–Crippen LogP) is 4.14. The van der Waals surface area contributed by atoms with Crippen LogP contribution < -0.4 is 5.32 Å². The van der Waals surface area contributed by atoms with Crippen LogP contribution in [-0.4, -0.2) is 24.7 Å². The van der Waals surface area contributed by atoms with Crippen LogP contribution in [0.15, 0.2) is 42.5 Å². The van der Waals surface area contributed by atoms with E-state index in [0.717, 1.165) is 11.6 Å². The van der Waals surface area contributed by atoms with E-state index < -0.39 is 11.8 Å². The summed E-state index contributed by atoms with van der Waals surface area (Å²) < 4.78 is 18.3. The maximum absolute atomic E-state index is 13.7. The Labute approximate surface area is 148 Å². The number of esters is 1. The highest BCUT2D eigenvalue weighted by Gasteiger charge is 2.12. The highest BCUT2D eigenvalue weighted by atomic mass is 35.5. The summed E-state index contributed by atoms with van der Waals surface area (Å²) in [7, 11) is 1.23. The van der Waals surface area contributed by atoms with Gasteiger partial charge in [-0.25, -0.2) is 9.18 Å². The minimum Gasteiger partial charge on any atom is -0.465 e. The highest BCUT2D eigenvalue weighted by Crippen LogP contribution is 2.19. The van der Waals surface area contributed by atoms with Crippen LogP contribution in [0.3, 0.4) is 0 Å². The highest BCUT2D eigenvalue weighted by molar-refractivity contribution is 7.99. The number of halogens is 2. The average Bonchev–Trinajstić information content (AvgIpc) is 2.58. The lowest BCUT2D eigenvalue weighted by molar-refractivity contribution is -0.113. The second-order valence-corrected chi connectivity index (χ2v) is 6.28. The zero-order chi connectivity index (χ0) is 17.5. The van der Waals surface area contributed by atoms with Gasteiger partial charge in [0.05, 0.1) is 24.1 Å². The summed E-state index contributed by atoms with van der Waals surface area (Å²) in [4.78, 5) is 23.4. The number of amides is 1. The first kappa shape index (κ1) is 18.3. The van der Waals surface area contributed by atoms with Gasteiger partial charge < -0.3 is 10.1 Å². The Morgan fingerprint density at radius 1 is 1.21 bits per heavy atom. The molecule has 0 fully saturated rings. The molecular formula is C17H15ClFNO3S. The van der Waals surface area contributed by atoms with Crippen LogP contribution in [0.1, 0.15) is 15.9 Å². The molecule has 1 N–H and O–H groups in total. The summed E-state index contributed by atoms with van der Waals surface area (Å²) in [5.74, 6) is -0.768. The van der Waals surface area contributed by atoms with E-state index in [-0.39, 0.29) is 22.9 Å². The number of hydrogen-bond acceptors (Lipinski definition) is 4. The second-order valence-electron chi connectivity index (χ2n) is 4.85. The summed E-state index contributed by atoms with van der Waals surface area (Å²) in [6.07, 6.45) is 0. The second kappa shape index (κ2) is 8.70. The molecule has 0 bridgehead atoms. The van der Waals surface area contributed by atoms with Gasteiger partial charge >= 0.3 is 5.97 Å². The molecule has 0 aliphatic carbocycles. The Balaban J connectivity index is 1.90. The summed E-state index contributed by atoms with van der Waals surface area (Å²) in [6, 6.07) is 11.0. The van der Waals surface area contributed by atoms with Gasteiger partial charge in [-0.3, -0.25) is 4.79 Å². The number of rotatable bonds is 6. The molecule has 2 rings (SSSR count). The largest absolute Gasteiger partial charge is 0.465 e. The van der Waals surface area contributed by atoms with Crippen molar-refractivity contribution in [3.8, 4) is 0 Å². The van der Waals surface area contributed by atoms with Gasteiger partial charge in [0.25, 0.3) is 0 Å². The van der Waals surface area contributed by atoms with Gasteiger partial charge in [0.2, 0.25) is 5.91 Å². The van der Waals surface area contributed by atoms with E-state index in [1.165, 1.54) is 31.0 Å². The fraction of sp³-hybridized carbons (Fsp3) is 0.176. The molecule has 7 heteroatoms. The van der Waals surface area contributed by atoms with Crippen LogP contribution in [0, 0.1) is 5.82 Å². The molecule has 0 aliphatic heterocycles. The quantitative estimate of drug-likeness (QED) is 0.780. The third-order valence-corrected chi connectivity index (χ3v) is 4.33. The molecule has 126 valence electrons. The lowest BCUT2D eigenvalue weighted by Crippen LogP contribution is -2.16. The Kier molecular flexibility index (Phi) is 6.63. The van der Waals surface area contributed by atoms with Gasteiger partial charge in [-0.15, -0.1) is 11.8 Å². The van der Waals surface area contributed by atoms with Crippen LogP contribution in [0.4, 0.5) is 10.1 Å². The van der Waals surface area contributed by atoms with E-state index in [4.69, 9.17) is 11.6 Å². The van der Waals surface area contributed by atoms with Crippen molar-refractivity contribution >= 4 is 40.9 Å². The number of benzene rings is 2. The summed E-state index contributed by atoms with van der Waals surface area (Å²) in [6.45, 7) is 0. The lowest BCUT2D eigenvalue weighted by atomic mass is 10.2. The van der Waals surface area contributed by atoms with E-state index in [0.29, 0.717) is 10.8 Å². The number of nitrogens with one attached hydrogen (secondary N) is 1. The maximum Gasteiger partial charge on any atom is 0.337 e. The van der Waals surface area contributed by atoms with E-state index in [1.807, 2.05) is 12.1 Å². The summed E-state index contributed by atoms with van der Waals surface area (Å²) in [5, 5.41) is 3.12. The Hall–Kier alpha value is -2.05. The maximum atomic E-state index is 13.7. The van der Waals surface area contributed by atoms with Crippen LogP contribution in [0.25, 0.3) is 0 Å². The SMILES string of the molecule is COC(=O)c1ccc(F)c(NC(=O)CSCc2ccc(Cl)cc2)c1. The molecule has 2 aromatic carbocycles. The third-order valence-electron chi connectivity index (χ3n) is 3.08. The molecule has 2 aromatic rings. The van der Waals surface area contributed by atoms with Gasteiger partial charge in [0, 0.05) is 10.8 Å². The van der Waals surface area contributed by atoms with Gasteiger partial charge in [-0.2, -0.15) is 0 Å². The van der Waals surface area contributed by atoms with Crippen molar-refractivity contribution in [2.45, 2.75) is 5.75 Å². The van der Waals surface area contributed by atoms with E-state index >= 15 is 0 Å². The summed E-state index contributed by atoms with van der Waals surface area (Å²) in [5.41, 5.74) is 1.16. The first-order valence-corrected chi connectivity index (χ1v) is 8.53. The average molecular weight is 368 g/mol. The standard InChI is InChI=1S/C17H15ClFNO3S/c1-23-17(22)12-4-7-14(19)15(8-12)20-16(21)10-24-9-11-2-5-13(18)6-3-11/h2-8H,9-10H2,1H3,(H,20,21). The van der Waals surface area contributed by atoms with Crippen molar-refractivity contribution in [3.63, 3.8) is 0 Å². The topological polar surface area (TPSA) is 55.4 Å². The first-order valence-electron chi connectivity index (χ1n) is 6.99. The fourth-order valence-electron chi connectivity index (χ4n) is 1.89. The molecule has 0 saturated heterocycles. The van der Waals surface area contributed by atoms with E-state index in [9.17, 15) is 14.0 Å². The van der Waals surface area contributed by atoms with Gasteiger partial charge in [0.1, 0.15) is 5.82 Å². The van der Waals surface area contributed by atoms with Crippen molar-refractivity contribution in [2.24, 2.45) is 0 Å². The lowest BCUT2D eigenvalue weighted by Gasteiger charge is -2.08. The third kappa shape index (κ3) is 5.25. The molecule has 1 amide bonds. The molecular weight excluding hydrogens is 353 g/mol. The first-order chi connectivity index (χ1) is 11.5. The molecule has 0 heterocycles. The number of anilines is 1. The normalized spacial score (nSPS) is 10.3. The van der Waals surface area contributed by atoms with Crippen LogP contribution >= 0.6 is 23.4 Å². The predicted molar refractivity (Wildman–Crippen MR) is 94.0 cm³/mol. The van der Waals surface area contributed by atoms with Crippen molar-refractivity contribution in [1.29, 1.82) is 0 Å². The molecule has 4 nitrogen and oxygen atoms in total. The molecule has 0 aliphatic rings. The van der Waals surface area contributed by atoms with Gasteiger partial charge in [-0.05, 0) is 35.9 Å². The Morgan fingerprint density at radius 2 is 1.92 bits per heavy atom. The molecule has 24 heavy (non-hydrogen) atoms. The molecule has 0 radical (unpaired) electrons. The molecule has 0 spiro atoms. The van der Waals surface area contributed by atoms with Crippen molar-refractivity contribution in [1.82, 2.24) is 0 Å². The Morgan fingerprint density at radius 3 is 2.58 bits per heavy atom. The zero-order valence-electron chi connectivity index (χ0n) is 12.8. The smallest absolute Gasteiger partial charge is 0.337 e. The van der Waals surface area contributed by atoms with Gasteiger partial charge in [-0.1, -0.05) is 23.7 Å². The van der Waals surface area contributed by atoms with E-state index in [1.54, 1.807) is 12.1 Å². The number of thioether (sulfide) groups is 1. The molecule has 0 atom stereocenters. The van der Waals surface area contributed by atoms with Crippen molar-refractivity contribution < 1.29 is 18.7 Å². The number of methoxy groups -OCH3 is 1. The molecule has 0 aromatic heterocycles.